The zero-order valence-electron chi connectivity index (χ0n) is 11.0. The van der Waals surface area contributed by atoms with Crippen molar-refractivity contribution in [2.45, 2.75) is 25.9 Å². The molecule has 0 saturated heterocycles. The molecule has 2 aromatic rings. The molecule has 4 nitrogen and oxygen atoms in total. The van der Waals surface area contributed by atoms with Crippen LogP contribution in [0, 0.1) is 17.6 Å². The summed E-state index contributed by atoms with van der Waals surface area (Å²) < 4.78 is 28.2. The summed E-state index contributed by atoms with van der Waals surface area (Å²) in [6.45, 7) is 1.84. The van der Waals surface area contributed by atoms with Crippen molar-refractivity contribution in [3.8, 4) is 0 Å². The maximum absolute atomic E-state index is 13.5. The van der Waals surface area contributed by atoms with E-state index in [2.05, 4.69) is 15.6 Å². The second-order valence-electron chi connectivity index (χ2n) is 5.19. The Kier molecular flexibility index (Phi) is 3.73. The topological polar surface area (TPSA) is 42.7 Å². The van der Waals surface area contributed by atoms with Crippen LogP contribution in [0.5, 0.6) is 0 Å². The van der Waals surface area contributed by atoms with Crippen LogP contribution in [0.1, 0.15) is 24.1 Å². The number of halogens is 2. The summed E-state index contributed by atoms with van der Waals surface area (Å²) in [5.74, 6) is -0.850. The van der Waals surface area contributed by atoms with Crippen molar-refractivity contribution >= 4 is 0 Å². The molecule has 1 aliphatic carbocycles. The van der Waals surface area contributed by atoms with Gasteiger partial charge in [0.1, 0.15) is 0 Å². The number of rotatable bonds is 6. The first-order valence-corrected chi connectivity index (χ1v) is 6.75. The van der Waals surface area contributed by atoms with Gasteiger partial charge in [-0.1, -0.05) is 17.3 Å². The molecule has 106 valence electrons. The van der Waals surface area contributed by atoms with Crippen molar-refractivity contribution in [1.29, 1.82) is 0 Å². The van der Waals surface area contributed by atoms with Crippen LogP contribution in [-0.2, 0) is 13.1 Å². The van der Waals surface area contributed by atoms with Crippen LogP contribution in [0.25, 0.3) is 0 Å². The highest BCUT2D eigenvalue weighted by atomic mass is 19.2. The smallest absolute Gasteiger partial charge is 0.163 e. The normalized spacial score (nSPS) is 14.7. The molecule has 3 rings (SSSR count). The minimum Gasteiger partial charge on any atom is -0.311 e. The zero-order valence-corrected chi connectivity index (χ0v) is 11.0. The van der Waals surface area contributed by atoms with E-state index in [-0.39, 0.29) is 12.1 Å². The molecule has 0 amide bonds. The predicted molar refractivity (Wildman–Crippen MR) is 69.9 cm³/mol. The van der Waals surface area contributed by atoms with Gasteiger partial charge in [-0.3, -0.25) is 0 Å². The highest BCUT2D eigenvalue weighted by Gasteiger charge is 2.20. The van der Waals surface area contributed by atoms with Crippen molar-refractivity contribution in [1.82, 2.24) is 20.3 Å². The summed E-state index contributed by atoms with van der Waals surface area (Å²) in [4.78, 5) is 0. The first-order chi connectivity index (χ1) is 9.72. The molecule has 1 N–H and O–H groups in total. The summed E-state index contributed by atoms with van der Waals surface area (Å²) in [5.41, 5.74) is 1.08. The van der Waals surface area contributed by atoms with Gasteiger partial charge in [0, 0.05) is 12.1 Å². The molecule has 1 fully saturated rings. The van der Waals surface area contributed by atoms with Gasteiger partial charge in [-0.05, 0) is 31.4 Å². The van der Waals surface area contributed by atoms with E-state index in [1.165, 1.54) is 23.6 Å². The molecule has 1 aromatic carbocycles. The standard InChI is InChI=1S/C14H16F2N4/c15-13-3-1-2-11(14(13)16)8-20-9-12(18-19-20)7-17-6-10-4-5-10/h1-3,9-10,17H,4-8H2. The molecule has 0 unspecified atom stereocenters. The predicted octanol–water partition coefficient (Wildman–Crippen LogP) is 2.10. The van der Waals surface area contributed by atoms with Crippen LogP contribution >= 0.6 is 0 Å². The van der Waals surface area contributed by atoms with Crippen molar-refractivity contribution in [3.05, 3.63) is 47.3 Å². The van der Waals surface area contributed by atoms with Crippen molar-refractivity contribution in [2.24, 2.45) is 5.92 Å². The average molecular weight is 278 g/mol. The molecule has 0 atom stereocenters. The lowest BCUT2D eigenvalue weighted by Crippen LogP contribution is -2.16. The Morgan fingerprint density at radius 1 is 1.30 bits per heavy atom. The lowest BCUT2D eigenvalue weighted by Gasteiger charge is -2.03. The van der Waals surface area contributed by atoms with Gasteiger partial charge >= 0.3 is 0 Å². The Bertz CT molecular complexity index is 593. The van der Waals surface area contributed by atoms with Crippen LogP contribution in [0.15, 0.2) is 24.4 Å². The fraction of sp³-hybridized carbons (Fsp3) is 0.429. The van der Waals surface area contributed by atoms with E-state index < -0.39 is 11.6 Å². The summed E-state index contributed by atoms with van der Waals surface area (Å²) in [6.07, 6.45) is 4.36. The van der Waals surface area contributed by atoms with E-state index in [0.29, 0.717) is 6.54 Å². The van der Waals surface area contributed by atoms with Gasteiger partial charge in [0.25, 0.3) is 0 Å². The highest BCUT2D eigenvalue weighted by Crippen LogP contribution is 2.27. The maximum Gasteiger partial charge on any atom is 0.163 e. The van der Waals surface area contributed by atoms with Gasteiger partial charge in [-0.2, -0.15) is 0 Å². The third-order valence-electron chi connectivity index (χ3n) is 3.39. The monoisotopic (exact) mass is 278 g/mol. The molecule has 1 heterocycles. The first-order valence-electron chi connectivity index (χ1n) is 6.75. The molecule has 1 saturated carbocycles. The largest absolute Gasteiger partial charge is 0.311 e. The summed E-state index contributed by atoms with van der Waals surface area (Å²) in [7, 11) is 0. The second kappa shape index (κ2) is 5.66. The lowest BCUT2D eigenvalue weighted by atomic mass is 10.2. The van der Waals surface area contributed by atoms with Gasteiger partial charge in [0.05, 0.1) is 18.4 Å². The molecular formula is C14H16F2N4. The zero-order chi connectivity index (χ0) is 13.9. The van der Waals surface area contributed by atoms with Crippen LogP contribution < -0.4 is 5.32 Å². The molecule has 0 bridgehead atoms. The SMILES string of the molecule is Fc1cccc(Cn2cc(CNCC3CC3)nn2)c1F. The molecule has 0 spiro atoms. The third-order valence-corrected chi connectivity index (χ3v) is 3.39. The van der Waals surface area contributed by atoms with E-state index >= 15 is 0 Å². The number of hydrogen-bond acceptors (Lipinski definition) is 3. The quantitative estimate of drug-likeness (QED) is 0.880. The van der Waals surface area contributed by atoms with Crippen LogP contribution in [0.4, 0.5) is 8.78 Å². The van der Waals surface area contributed by atoms with E-state index in [9.17, 15) is 8.78 Å². The van der Waals surface area contributed by atoms with Gasteiger partial charge in [0.2, 0.25) is 0 Å². The van der Waals surface area contributed by atoms with Gasteiger partial charge in [0.15, 0.2) is 11.6 Å². The number of benzene rings is 1. The van der Waals surface area contributed by atoms with Gasteiger partial charge in [-0.15, -0.1) is 5.10 Å². The van der Waals surface area contributed by atoms with E-state index in [1.54, 1.807) is 12.3 Å². The Morgan fingerprint density at radius 2 is 2.15 bits per heavy atom. The van der Waals surface area contributed by atoms with E-state index in [1.807, 2.05) is 0 Å². The van der Waals surface area contributed by atoms with Crippen molar-refractivity contribution in [2.75, 3.05) is 6.54 Å². The third kappa shape index (κ3) is 3.19. The van der Waals surface area contributed by atoms with Crippen LogP contribution in [-0.4, -0.2) is 21.5 Å². The Balaban J connectivity index is 1.59. The fourth-order valence-electron chi connectivity index (χ4n) is 2.07. The number of aromatic nitrogens is 3. The van der Waals surface area contributed by atoms with Crippen molar-refractivity contribution in [3.63, 3.8) is 0 Å². The van der Waals surface area contributed by atoms with Crippen molar-refractivity contribution < 1.29 is 8.78 Å². The van der Waals surface area contributed by atoms with Crippen LogP contribution in [0.2, 0.25) is 0 Å². The number of nitrogens with one attached hydrogen (secondary N) is 1. The second-order valence-corrected chi connectivity index (χ2v) is 5.19. The van der Waals surface area contributed by atoms with Gasteiger partial charge < -0.3 is 5.32 Å². The minimum absolute atomic E-state index is 0.180. The van der Waals surface area contributed by atoms with Crippen LogP contribution in [0.3, 0.4) is 0 Å². The molecule has 1 aromatic heterocycles. The fourth-order valence-corrected chi connectivity index (χ4v) is 2.07. The Labute approximate surface area is 115 Å². The average Bonchev–Trinajstić information content (AvgIpc) is 3.15. The molecule has 20 heavy (non-hydrogen) atoms. The molecule has 1 aliphatic rings. The lowest BCUT2D eigenvalue weighted by molar-refractivity contribution is 0.490. The van der Waals surface area contributed by atoms with Gasteiger partial charge in [-0.25, -0.2) is 13.5 Å². The van der Waals surface area contributed by atoms with E-state index in [4.69, 9.17) is 0 Å². The maximum atomic E-state index is 13.5. The molecule has 0 radical (unpaired) electrons. The number of hydrogen-bond donors (Lipinski definition) is 1. The summed E-state index contributed by atoms with van der Waals surface area (Å²) in [5, 5.41) is 11.3. The Morgan fingerprint density at radius 3 is 2.95 bits per heavy atom. The highest BCUT2D eigenvalue weighted by molar-refractivity contribution is 5.19. The summed E-state index contributed by atoms with van der Waals surface area (Å²) >= 11 is 0. The first kappa shape index (κ1) is 13.2. The molecule has 6 heteroatoms. The molecular weight excluding hydrogens is 262 g/mol. The number of nitrogens with zero attached hydrogens (tertiary/aromatic N) is 3. The molecule has 0 aliphatic heterocycles. The Hall–Kier alpha value is -1.82. The summed E-state index contributed by atoms with van der Waals surface area (Å²) in [6, 6.07) is 4.14. The minimum atomic E-state index is -0.839. The van der Waals surface area contributed by atoms with E-state index in [0.717, 1.165) is 24.2 Å².